The molecule has 0 saturated heterocycles. The lowest BCUT2D eigenvalue weighted by Gasteiger charge is -2.27. The number of carbonyl (C=O) groups excluding carboxylic acids is 1. The maximum Gasteiger partial charge on any atom is 0.410 e. The summed E-state index contributed by atoms with van der Waals surface area (Å²) in [6.45, 7) is 9.87. The van der Waals surface area contributed by atoms with E-state index in [0.717, 1.165) is 4.34 Å². The number of rotatable bonds is 8. The Kier molecular flexibility index (Phi) is 8.33. The molecule has 0 saturated carbocycles. The molecule has 0 aromatic carbocycles. The van der Waals surface area contributed by atoms with Gasteiger partial charge in [0.25, 0.3) is 0 Å². The van der Waals surface area contributed by atoms with Crippen LogP contribution in [0.25, 0.3) is 0 Å². The maximum atomic E-state index is 12.2. The van der Waals surface area contributed by atoms with Gasteiger partial charge in [0, 0.05) is 37.7 Å². The van der Waals surface area contributed by atoms with Crippen molar-refractivity contribution >= 4 is 29.0 Å². The van der Waals surface area contributed by atoms with Crippen molar-refractivity contribution in [3.8, 4) is 0 Å². The van der Waals surface area contributed by atoms with E-state index in [1.165, 1.54) is 4.88 Å². The number of amides is 1. The largest absolute Gasteiger partial charge is 0.444 e. The monoisotopic (exact) mass is 362 g/mol. The van der Waals surface area contributed by atoms with Gasteiger partial charge in [0.1, 0.15) is 5.60 Å². The fraction of sp³-hybridized carbons (Fsp3) is 0.688. The van der Waals surface area contributed by atoms with Crippen molar-refractivity contribution in [2.45, 2.75) is 39.3 Å². The number of thiophene rings is 1. The molecule has 0 radical (unpaired) electrons. The fourth-order valence-corrected chi connectivity index (χ4v) is 2.99. The predicted molar refractivity (Wildman–Crippen MR) is 95.4 cm³/mol. The van der Waals surface area contributed by atoms with Crippen LogP contribution in [0.3, 0.4) is 0 Å². The molecule has 0 spiro atoms. The number of methoxy groups -OCH3 is 1. The summed E-state index contributed by atoms with van der Waals surface area (Å²) in [6.07, 6.45) is -0.317. The lowest BCUT2D eigenvalue weighted by Crippen LogP contribution is -2.42. The van der Waals surface area contributed by atoms with E-state index in [-0.39, 0.29) is 12.1 Å². The minimum atomic E-state index is -0.503. The maximum absolute atomic E-state index is 12.2. The Morgan fingerprint density at radius 1 is 1.39 bits per heavy atom. The Hall–Kier alpha value is -0.820. The Balaban J connectivity index is 2.48. The van der Waals surface area contributed by atoms with Crippen LogP contribution in [-0.4, -0.2) is 49.9 Å². The molecule has 0 aliphatic rings. The van der Waals surface area contributed by atoms with E-state index in [0.29, 0.717) is 26.2 Å². The highest BCUT2D eigenvalue weighted by Gasteiger charge is 2.21. The van der Waals surface area contributed by atoms with Gasteiger partial charge in [0.2, 0.25) is 0 Å². The summed E-state index contributed by atoms with van der Waals surface area (Å²) in [5.74, 6) is 0. The van der Waals surface area contributed by atoms with Crippen molar-refractivity contribution in [3.63, 3.8) is 0 Å². The number of halogens is 1. The number of hydrogen-bond acceptors (Lipinski definition) is 5. The third-order valence-corrected chi connectivity index (χ3v) is 4.48. The average Bonchev–Trinajstić information content (AvgIpc) is 2.87. The molecule has 0 aliphatic heterocycles. The number of carbonyl (C=O) groups is 1. The standard InChI is InChI=1S/C16H27ClN2O3S/c1-12(13-6-7-14(17)23-13)18-8-9-19(10-11-21-5)15(20)22-16(2,3)4/h6-7,12,18H,8-11H2,1-5H3. The molecule has 1 aromatic rings. The molecular formula is C16H27ClN2O3S. The van der Waals surface area contributed by atoms with E-state index in [1.54, 1.807) is 23.3 Å². The lowest BCUT2D eigenvalue weighted by molar-refractivity contribution is 0.0203. The van der Waals surface area contributed by atoms with Crippen molar-refractivity contribution < 1.29 is 14.3 Å². The summed E-state index contributed by atoms with van der Waals surface area (Å²) in [6, 6.07) is 4.10. The molecule has 7 heteroatoms. The minimum absolute atomic E-state index is 0.190. The molecule has 1 heterocycles. The Bertz CT molecular complexity index is 488. The van der Waals surface area contributed by atoms with Gasteiger partial charge in [-0.3, -0.25) is 0 Å². The van der Waals surface area contributed by atoms with Crippen LogP contribution in [-0.2, 0) is 9.47 Å². The highest BCUT2D eigenvalue weighted by atomic mass is 35.5. The molecule has 1 atom stereocenters. The summed E-state index contributed by atoms with van der Waals surface area (Å²) < 4.78 is 11.3. The topological polar surface area (TPSA) is 50.8 Å². The summed E-state index contributed by atoms with van der Waals surface area (Å²) >= 11 is 7.52. The zero-order valence-corrected chi connectivity index (χ0v) is 16.1. The third kappa shape index (κ3) is 8.01. The fourth-order valence-electron chi connectivity index (χ4n) is 1.90. The summed E-state index contributed by atoms with van der Waals surface area (Å²) in [5.41, 5.74) is -0.503. The summed E-state index contributed by atoms with van der Waals surface area (Å²) in [7, 11) is 1.62. The number of nitrogens with zero attached hydrogens (tertiary/aromatic N) is 1. The molecule has 23 heavy (non-hydrogen) atoms. The Labute approximate surface area is 147 Å². The van der Waals surface area contributed by atoms with Gasteiger partial charge in [-0.05, 0) is 39.8 Å². The van der Waals surface area contributed by atoms with Gasteiger partial charge in [-0.2, -0.15) is 0 Å². The van der Waals surface area contributed by atoms with E-state index in [2.05, 4.69) is 12.2 Å². The number of hydrogen-bond donors (Lipinski definition) is 1. The zero-order chi connectivity index (χ0) is 17.5. The highest BCUT2D eigenvalue weighted by Crippen LogP contribution is 2.26. The van der Waals surface area contributed by atoms with Crippen LogP contribution in [0.1, 0.15) is 38.6 Å². The van der Waals surface area contributed by atoms with Gasteiger partial charge in [-0.1, -0.05) is 11.6 Å². The molecule has 1 amide bonds. The number of nitrogens with one attached hydrogen (secondary N) is 1. The molecule has 0 fully saturated rings. The van der Waals surface area contributed by atoms with Gasteiger partial charge in [-0.25, -0.2) is 4.79 Å². The third-order valence-electron chi connectivity index (χ3n) is 3.07. The lowest BCUT2D eigenvalue weighted by atomic mass is 10.2. The van der Waals surface area contributed by atoms with E-state index < -0.39 is 5.60 Å². The van der Waals surface area contributed by atoms with Crippen LogP contribution in [0, 0.1) is 0 Å². The van der Waals surface area contributed by atoms with Crippen molar-refractivity contribution in [1.29, 1.82) is 0 Å². The van der Waals surface area contributed by atoms with Crippen LogP contribution in [0.15, 0.2) is 12.1 Å². The molecule has 1 N–H and O–H groups in total. The first-order chi connectivity index (χ1) is 10.7. The molecule has 5 nitrogen and oxygen atoms in total. The smallest absolute Gasteiger partial charge is 0.410 e. The van der Waals surface area contributed by atoms with Crippen LogP contribution >= 0.6 is 22.9 Å². The van der Waals surface area contributed by atoms with Crippen molar-refractivity contribution in [2.75, 3.05) is 33.4 Å². The Morgan fingerprint density at radius 2 is 2.09 bits per heavy atom. The van der Waals surface area contributed by atoms with Gasteiger partial charge < -0.3 is 19.7 Å². The predicted octanol–water partition coefficient (Wildman–Crippen LogP) is 3.94. The first kappa shape index (κ1) is 20.2. The highest BCUT2D eigenvalue weighted by molar-refractivity contribution is 7.16. The molecule has 0 aliphatic carbocycles. The van der Waals surface area contributed by atoms with Gasteiger partial charge in [0.15, 0.2) is 0 Å². The van der Waals surface area contributed by atoms with Crippen LogP contribution in [0.5, 0.6) is 0 Å². The summed E-state index contributed by atoms with van der Waals surface area (Å²) in [5, 5.41) is 3.40. The van der Waals surface area contributed by atoms with Crippen molar-refractivity contribution in [2.24, 2.45) is 0 Å². The van der Waals surface area contributed by atoms with Crippen LogP contribution in [0.4, 0.5) is 4.79 Å². The molecule has 0 bridgehead atoms. The first-order valence-corrected chi connectivity index (χ1v) is 8.88. The second-order valence-corrected chi connectivity index (χ2v) is 8.02. The Morgan fingerprint density at radius 3 is 2.61 bits per heavy atom. The van der Waals surface area contributed by atoms with Gasteiger partial charge >= 0.3 is 6.09 Å². The molecule has 1 aromatic heterocycles. The van der Waals surface area contributed by atoms with E-state index in [4.69, 9.17) is 21.1 Å². The summed E-state index contributed by atoms with van der Waals surface area (Å²) in [4.78, 5) is 15.1. The van der Waals surface area contributed by atoms with E-state index >= 15 is 0 Å². The second-order valence-electron chi connectivity index (χ2n) is 6.28. The molecule has 1 rings (SSSR count). The van der Waals surface area contributed by atoms with Crippen LogP contribution in [0.2, 0.25) is 4.34 Å². The van der Waals surface area contributed by atoms with Gasteiger partial charge in [-0.15, -0.1) is 11.3 Å². The van der Waals surface area contributed by atoms with Gasteiger partial charge in [0.05, 0.1) is 10.9 Å². The van der Waals surface area contributed by atoms with Crippen molar-refractivity contribution in [3.05, 3.63) is 21.3 Å². The molecular weight excluding hydrogens is 336 g/mol. The van der Waals surface area contributed by atoms with E-state index in [1.807, 2.05) is 32.9 Å². The van der Waals surface area contributed by atoms with Crippen LogP contribution < -0.4 is 5.32 Å². The van der Waals surface area contributed by atoms with Crippen molar-refractivity contribution in [1.82, 2.24) is 10.2 Å². The normalized spacial score (nSPS) is 13.0. The number of ether oxygens (including phenoxy) is 2. The SMILES string of the molecule is COCCN(CCNC(C)c1ccc(Cl)s1)C(=O)OC(C)(C)C. The van der Waals surface area contributed by atoms with E-state index in [9.17, 15) is 4.79 Å². The molecule has 1 unspecified atom stereocenters. The zero-order valence-electron chi connectivity index (χ0n) is 14.5. The second kappa shape index (κ2) is 9.47. The minimum Gasteiger partial charge on any atom is -0.444 e. The average molecular weight is 363 g/mol. The first-order valence-electron chi connectivity index (χ1n) is 7.68. The molecule has 132 valence electrons. The quantitative estimate of drug-likeness (QED) is 0.761.